The van der Waals surface area contributed by atoms with Crippen molar-refractivity contribution in [2.45, 2.75) is 39.7 Å². The Morgan fingerprint density at radius 3 is 2.53 bits per heavy atom. The predicted octanol–water partition coefficient (Wildman–Crippen LogP) is 2.90. The molecule has 1 aromatic carbocycles. The van der Waals surface area contributed by atoms with Crippen LogP contribution >= 0.6 is 0 Å². The summed E-state index contributed by atoms with van der Waals surface area (Å²) in [5.74, 6) is 1.36. The van der Waals surface area contributed by atoms with Crippen LogP contribution in [-0.2, 0) is 12.8 Å². The lowest BCUT2D eigenvalue weighted by Crippen LogP contribution is -2.14. The van der Waals surface area contributed by atoms with Crippen molar-refractivity contribution in [3.63, 3.8) is 0 Å². The Morgan fingerprint density at radius 1 is 1.21 bits per heavy atom. The molecule has 2 N–H and O–H groups in total. The molecule has 1 aromatic heterocycles. The summed E-state index contributed by atoms with van der Waals surface area (Å²) in [7, 11) is 0. The van der Waals surface area contributed by atoms with Crippen LogP contribution in [-0.4, -0.2) is 10.1 Å². The molecule has 102 valence electrons. The van der Waals surface area contributed by atoms with Crippen LogP contribution in [0.1, 0.15) is 44.1 Å². The van der Waals surface area contributed by atoms with Gasteiger partial charge in [-0.1, -0.05) is 56.3 Å². The van der Waals surface area contributed by atoms with Gasteiger partial charge in [-0.25, -0.2) is 0 Å². The van der Waals surface area contributed by atoms with Gasteiger partial charge < -0.3 is 10.3 Å². The molecule has 19 heavy (non-hydrogen) atoms. The summed E-state index contributed by atoms with van der Waals surface area (Å²) in [4.78, 5) is 4.40. The highest BCUT2D eigenvalue weighted by Gasteiger charge is 2.17. The summed E-state index contributed by atoms with van der Waals surface area (Å²) in [5, 5.41) is 4.01. The second-order valence-electron chi connectivity index (χ2n) is 6.06. The fraction of sp³-hybridized carbons (Fsp3) is 0.467. The normalized spacial score (nSPS) is 13.5. The average Bonchev–Trinajstić information content (AvgIpc) is 2.75. The second kappa shape index (κ2) is 5.53. The van der Waals surface area contributed by atoms with Crippen molar-refractivity contribution < 1.29 is 4.52 Å². The molecule has 0 aliphatic rings. The standard InChI is InChI=1S/C15H21N3O/c1-15(2,3)10-13-17-14(19-18-13)9-12(16)11-7-5-4-6-8-11/h4-8,12H,9-10,16H2,1-3H3. The Hall–Kier alpha value is -1.68. The number of rotatable bonds is 4. The van der Waals surface area contributed by atoms with Crippen LogP contribution in [0.3, 0.4) is 0 Å². The lowest BCUT2D eigenvalue weighted by Gasteiger charge is -2.14. The third kappa shape index (κ3) is 4.17. The highest BCUT2D eigenvalue weighted by molar-refractivity contribution is 5.19. The summed E-state index contributed by atoms with van der Waals surface area (Å²) in [6.07, 6.45) is 1.37. The van der Waals surface area contributed by atoms with Gasteiger partial charge in [-0.3, -0.25) is 0 Å². The van der Waals surface area contributed by atoms with Crippen molar-refractivity contribution in [2.24, 2.45) is 11.1 Å². The summed E-state index contributed by atoms with van der Waals surface area (Å²) in [6, 6.07) is 9.85. The lowest BCUT2D eigenvalue weighted by molar-refractivity contribution is 0.350. The Bertz CT molecular complexity index is 514. The van der Waals surface area contributed by atoms with Gasteiger partial charge in [0.05, 0.1) is 0 Å². The molecule has 0 fully saturated rings. The third-order valence-electron chi connectivity index (χ3n) is 2.82. The molecule has 0 aliphatic carbocycles. The van der Waals surface area contributed by atoms with E-state index >= 15 is 0 Å². The molecule has 4 heteroatoms. The molecule has 0 spiro atoms. The van der Waals surface area contributed by atoms with E-state index in [2.05, 4.69) is 30.9 Å². The molecule has 1 unspecified atom stereocenters. The van der Waals surface area contributed by atoms with Crippen molar-refractivity contribution in [3.05, 3.63) is 47.6 Å². The molecule has 0 radical (unpaired) electrons. The van der Waals surface area contributed by atoms with Crippen LogP contribution in [0, 0.1) is 5.41 Å². The highest BCUT2D eigenvalue weighted by atomic mass is 16.5. The topological polar surface area (TPSA) is 64.9 Å². The fourth-order valence-electron chi connectivity index (χ4n) is 1.93. The van der Waals surface area contributed by atoms with Gasteiger partial charge in [0.15, 0.2) is 5.82 Å². The Kier molecular flexibility index (Phi) is 4.00. The van der Waals surface area contributed by atoms with E-state index < -0.39 is 0 Å². The molecule has 1 heterocycles. The average molecular weight is 259 g/mol. The molecule has 0 aliphatic heterocycles. The number of benzene rings is 1. The van der Waals surface area contributed by atoms with Crippen molar-refractivity contribution in [1.82, 2.24) is 10.1 Å². The number of nitrogens with zero attached hydrogens (tertiary/aromatic N) is 2. The minimum Gasteiger partial charge on any atom is -0.339 e. The van der Waals surface area contributed by atoms with E-state index in [1.54, 1.807) is 0 Å². The summed E-state index contributed by atoms with van der Waals surface area (Å²) in [5.41, 5.74) is 7.37. The van der Waals surface area contributed by atoms with E-state index in [4.69, 9.17) is 10.3 Å². The van der Waals surface area contributed by atoms with E-state index in [1.807, 2.05) is 30.3 Å². The lowest BCUT2D eigenvalue weighted by atomic mass is 9.92. The zero-order chi connectivity index (χ0) is 13.9. The number of hydrogen-bond donors (Lipinski definition) is 1. The summed E-state index contributed by atoms with van der Waals surface area (Å²) < 4.78 is 5.26. The van der Waals surface area contributed by atoms with Gasteiger partial charge in [0, 0.05) is 18.9 Å². The number of hydrogen-bond acceptors (Lipinski definition) is 4. The van der Waals surface area contributed by atoms with Gasteiger partial charge in [0.25, 0.3) is 0 Å². The molecule has 0 saturated carbocycles. The maximum Gasteiger partial charge on any atom is 0.228 e. The van der Waals surface area contributed by atoms with Crippen LogP contribution < -0.4 is 5.73 Å². The maximum atomic E-state index is 6.14. The molecule has 1 atom stereocenters. The largest absolute Gasteiger partial charge is 0.339 e. The Morgan fingerprint density at radius 2 is 1.89 bits per heavy atom. The van der Waals surface area contributed by atoms with E-state index in [-0.39, 0.29) is 11.5 Å². The van der Waals surface area contributed by atoms with Gasteiger partial charge in [-0.05, 0) is 11.0 Å². The van der Waals surface area contributed by atoms with Crippen LogP contribution in [0.2, 0.25) is 0 Å². The first-order valence-corrected chi connectivity index (χ1v) is 6.56. The molecule has 0 bridgehead atoms. The summed E-state index contributed by atoms with van der Waals surface area (Å²) >= 11 is 0. The van der Waals surface area contributed by atoms with E-state index in [9.17, 15) is 0 Å². The van der Waals surface area contributed by atoms with Gasteiger partial charge in [-0.2, -0.15) is 4.98 Å². The Labute approximate surface area is 114 Å². The first-order valence-electron chi connectivity index (χ1n) is 6.56. The molecule has 2 aromatic rings. The van der Waals surface area contributed by atoms with Crippen molar-refractivity contribution in [2.75, 3.05) is 0 Å². The SMILES string of the molecule is CC(C)(C)Cc1noc(CC(N)c2ccccc2)n1. The smallest absolute Gasteiger partial charge is 0.228 e. The molecular formula is C15H21N3O. The second-order valence-corrected chi connectivity index (χ2v) is 6.06. The fourth-order valence-corrected chi connectivity index (χ4v) is 1.93. The van der Waals surface area contributed by atoms with Gasteiger partial charge in [-0.15, -0.1) is 0 Å². The third-order valence-corrected chi connectivity index (χ3v) is 2.82. The van der Waals surface area contributed by atoms with Crippen LogP contribution in [0.15, 0.2) is 34.9 Å². The van der Waals surface area contributed by atoms with Crippen LogP contribution in [0.5, 0.6) is 0 Å². The predicted molar refractivity (Wildman–Crippen MR) is 74.5 cm³/mol. The van der Waals surface area contributed by atoms with E-state index in [0.717, 1.165) is 17.8 Å². The maximum absolute atomic E-state index is 6.14. The molecule has 0 saturated heterocycles. The Balaban J connectivity index is 2.00. The molecule has 2 rings (SSSR count). The zero-order valence-corrected chi connectivity index (χ0v) is 11.8. The minimum absolute atomic E-state index is 0.107. The van der Waals surface area contributed by atoms with E-state index in [1.165, 1.54) is 0 Å². The van der Waals surface area contributed by atoms with Gasteiger partial charge in [0.2, 0.25) is 5.89 Å². The number of aromatic nitrogens is 2. The summed E-state index contributed by atoms with van der Waals surface area (Å²) in [6.45, 7) is 6.45. The van der Waals surface area contributed by atoms with Crippen LogP contribution in [0.25, 0.3) is 0 Å². The van der Waals surface area contributed by atoms with Crippen molar-refractivity contribution in [1.29, 1.82) is 0 Å². The zero-order valence-electron chi connectivity index (χ0n) is 11.8. The van der Waals surface area contributed by atoms with Gasteiger partial charge in [0.1, 0.15) is 0 Å². The van der Waals surface area contributed by atoms with Crippen molar-refractivity contribution in [3.8, 4) is 0 Å². The molecule has 0 amide bonds. The number of nitrogens with two attached hydrogens (primary N) is 1. The van der Waals surface area contributed by atoms with Gasteiger partial charge >= 0.3 is 0 Å². The highest BCUT2D eigenvalue weighted by Crippen LogP contribution is 2.20. The van der Waals surface area contributed by atoms with Crippen LogP contribution in [0.4, 0.5) is 0 Å². The quantitative estimate of drug-likeness (QED) is 0.917. The molecule has 4 nitrogen and oxygen atoms in total. The monoisotopic (exact) mass is 259 g/mol. The van der Waals surface area contributed by atoms with Crippen molar-refractivity contribution >= 4 is 0 Å². The first kappa shape index (κ1) is 13.7. The van der Waals surface area contributed by atoms with E-state index in [0.29, 0.717) is 12.3 Å². The molecular weight excluding hydrogens is 238 g/mol. The first-order chi connectivity index (χ1) is 8.94. The minimum atomic E-state index is -0.107.